The highest BCUT2D eigenvalue weighted by Gasteiger charge is 2.32. The highest BCUT2D eigenvalue weighted by molar-refractivity contribution is 7.14. The van der Waals surface area contributed by atoms with Gasteiger partial charge in [0.15, 0.2) is 5.78 Å². The molecule has 3 rings (SSSR count). The lowest BCUT2D eigenvalue weighted by Crippen LogP contribution is -2.24. The van der Waals surface area contributed by atoms with E-state index in [1.807, 2.05) is 13.0 Å². The van der Waals surface area contributed by atoms with Crippen molar-refractivity contribution in [3.8, 4) is 0 Å². The van der Waals surface area contributed by atoms with Crippen molar-refractivity contribution in [2.45, 2.75) is 19.8 Å². The predicted octanol–water partition coefficient (Wildman–Crippen LogP) is 2.88. The minimum atomic E-state index is -0.389. The summed E-state index contributed by atoms with van der Waals surface area (Å²) in [6.45, 7) is 1.92. The van der Waals surface area contributed by atoms with Gasteiger partial charge in [0.05, 0.1) is 16.0 Å². The van der Waals surface area contributed by atoms with E-state index in [4.69, 9.17) is 0 Å². The maximum absolute atomic E-state index is 12.0. The molecule has 3 amide bonds. The SMILES string of the molecule is Cc1ccc(C(=O)CCC(=O)Nc2ccc3c(c2)C(=O)N(C)C3=O)s1. The second-order valence-corrected chi connectivity index (χ2v) is 7.10. The molecule has 2 heterocycles. The van der Waals surface area contributed by atoms with Gasteiger partial charge < -0.3 is 5.32 Å². The van der Waals surface area contributed by atoms with Crippen LogP contribution in [0.5, 0.6) is 0 Å². The summed E-state index contributed by atoms with van der Waals surface area (Å²) in [7, 11) is 1.42. The highest BCUT2D eigenvalue weighted by atomic mass is 32.1. The number of rotatable bonds is 5. The molecule has 1 aliphatic heterocycles. The number of hydrogen-bond donors (Lipinski definition) is 1. The lowest BCUT2D eigenvalue weighted by atomic mass is 10.1. The molecule has 0 unspecified atom stereocenters. The fourth-order valence-corrected chi connectivity index (χ4v) is 3.43. The van der Waals surface area contributed by atoms with Crippen LogP contribution in [0.4, 0.5) is 5.69 Å². The Hall–Kier alpha value is -2.80. The smallest absolute Gasteiger partial charge is 0.261 e. The van der Waals surface area contributed by atoms with E-state index in [2.05, 4.69) is 5.32 Å². The zero-order chi connectivity index (χ0) is 18.1. The topological polar surface area (TPSA) is 83.6 Å². The number of amides is 3. The quantitative estimate of drug-likeness (QED) is 0.659. The molecule has 0 bridgehead atoms. The van der Waals surface area contributed by atoms with Crippen molar-refractivity contribution < 1.29 is 19.2 Å². The van der Waals surface area contributed by atoms with Crippen molar-refractivity contribution in [1.82, 2.24) is 4.90 Å². The van der Waals surface area contributed by atoms with Crippen LogP contribution in [0.15, 0.2) is 30.3 Å². The van der Waals surface area contributed by atoms with Crippen molar-refractivity contribution in [3.63, 3.8) is 0 Å². The molecule has 0 radical (unpaired) electrons. The third kappa shape index (κ3) is 3.36. The van der Waals surface area contributed by atoms with Crippen molar-refractivity contribution in [2.75, 3.05) is 12.4 Å². The molecule has 2 aromatic rings. The van der Waals surface area contributed by atoms with Crippen molar-refractivity contribution >= 4 is 40.5 Å². The van der Waals surface area contributed by atoms with Crippen LogP contribution in [-0.2, 0) is 4.79 Å². The largest absolute Gasteiger partial charge is 0.326 e. The van der Waals surface area contributed by atoms with Crippen LogP contribution in [0.25, 0.3) is 0 Å². The average molecular weight is 356 g/mol. The molecular weight excluding hydrogens is 340 g/mol. The van der Waals surface area contributed by atoms with Gasteiger partial charge in [-0.15, -0.1) is 11.3 Å². The van der Waals surface area contributed by atoms with Gasteiger partial charge in [0.25, 0.3) is 11.8 Å². The Morgan fingerprint density at radius 3 is 2.44 bits per heavy atom. The standard InChI is InChI=1S/C18H16N2O4S/c1-10-3-7-15(25-10)14(21)6-8-16(22)19-11-4-5-12-13(9-11)18(24)20(2)17(12)23/h3-5,7,9H,6,8H2,1-2H3,(H,19,22). The van der Waals surface area contributed by atoms with Gasteiger partial charge in [-0.2, -0.15) is 0 Å². The lowest BCUT2D eigenvalue weighted by Gasteiger charge is -2.06. The summed E-state index contributed by atoms with van der Waals surface area (Å²) in [5.41, 5.74) is 1.03. The van der Waals surface area contributed by atoms with E-state index in [0.717, 1.165) is 9.78 Å². The Morgan fingerprint density at radius 1 is 1.04 bits per heavy atom. The number of aryl methyl sites for hydroxylation is 1. The molecule has 0 saturated carbocycles. The second kappa shape index (κ2) is 6.60. The summed E-state index contributed by atoms with van der Waals surface area (Å²) in [6, 6.07) is 8.22. The zero-order valence-electron chi connectivity index (χ0n) is 13.8. The van der Waals surface area contributed by atoms with Gasteiger partial charge in [-0.05, 0) is 37.3 Å². The van der Waals surface area contributed by atoms with Crippen LogP contribution in [0, 0.1) is 6.92 Å². The Kier molecular flexibility index (Phi) is 4.50. The number of ketones is 1. The summed E-state index contributed by atoms with van der Waals surface area (Å²) in [5, 5.41) is 2.66. The van der Waals surface area contributed by atoms with E-state index in [1.54, 1.807) is 12.1 Å². The summed E-state index contributed by atoms with van der Waals surface area (Å²) in [4.78, 5) is 50.6. The van der Waals surface area contributed by atoms with Crippen LogP contribution in [0.1, 0.15) is 48.1 Å². The number of carbonyl (C=O) groups is 4. The highest BCUT2D eigenvalue weighted by Crippen LogP contribution is 2.25. The number of imide groups is 1. The summed E-state index contributed by atoms with van der Waals surface area (Å²) in [5.74, 6) is -1.12. The molecule has 0 saturated heterocycles. The maximum Gasteiger partial charge on any atom is 0.261 e. The van der Waals surface area contributed by atoms with Gasteiger partial charge in [0.2, 0.25) is 5.91 Å². The third-order valence-corrected chi connectivity index (χ3v) is 5.01. The second-order valence-electron chi connectivity index (χ2n) is 5.81. The van der Waals surface area contributed by atoms with E-state index in [1.165, 1.54) is 30.5 Å². The van der Waals surface area contributed by atoms with Gasteiger partial charge in [-0.3, -0.25) is 24.1 Å². The summed E-state index contributed by atoms with van der Waals surface area (Å²) in [6.07, 6.45) is 0.177. The molecule has 0 fully saturated rings. The number of benzene rings is 1. The number of fused-ring (bicyclic) bond motifs is 1. The first-order valence-corrected chi connectivity index (χ1v) is 8.54. The number of nitrogens with zero attached hydrogens (tertiary/aromatic N) is 1. The monoisotopic (exact) mass is 356 g/mol. The molecule has 0 atom stereocenters. The molecule has 6 nitrogen and oxygen atoms in total. The molecule has 1 aliphatic rings. The summed E-state index contributed by atoms with van der Waals surface area (Å²) < 4.78 is 0. The molecule has 1 aromatic carbocycles. The number of Topliss-reactive ketones (excluding diaryl/α,β-unsaturated/α-hetero) is 1. The van der Waals surface area contributed by atoms with E-state index in [-0.39, 0.29) is 41.9 Å². The lowest BCUT2D eigenvalue weighted by molar-refractivity contribution is -0.116. The van der Waals surface area contributed by atoms with E-state index in [0.29, 0.717) is 16.1 Å². The molecule has 7 heteroatoms. The molecular formula is C18H16N2O4S. The summed E-state index contributed by atoms with van der Waals surface area (Å²) >= 11 is 1.41. The molecule has 25 heavy (non-hydrogen) atoms. The Labute approximate surface area is 148 Å². The molecule has 0 aliphatic carbocycles. The maximum atomic E-state index is 12.0. The fourth-order valence-electron chi connectivity index (χ4n) is 2.60. The number of hydrogen-bond acceptors (Lipinski definition) is 5. The average Bonchev–Trinajstić information content (AvgIpc) is 3.11. The van der Waals surface area contributed by atoms with E-state index < -0.39 is 0 Å². The molecule has 1 N–H and O–H groups in total. The predicted molar refractivity (Wildman–Crippen MR) is 94.1 cm³/mol. The minimum Gasteiger partial charge on any atom is -0.326 e. The van der Waals surface area contributed by atoms with Gasteiger partial charge in [0, 0.05) is 30.5 Å². The van der Waals surface area contributed by atoms with Gasteiger partial charge in [-0.25, -0.2) is 0 Å². The number of anilines is 1. The molecule has 0 spiro atoms. The first-order chi connectivity index (χ1) is 11.9. The third-order valence-electron chi connectivity index (χ3n) is 3.97. The van der Waals surface area contributed by atoms with Gasteiger partial charge in [0.1, 0.15) is 0 Å². The normalized spacial score (nSPS) is 13.1. The molecule has 1 aromatic heterocycles. The zero-order valence-corrected chi connectivity index (χ0v) is 14.6. The first kappa shape index (κ1) is 17.0. The van der Waals surface area contributed by atoms with Crippen molar-refractivity contribution in [2.24, 2.45) is 0 Å². The van der Waals surface area contributed by atoms with Crippen molar-refractivity contribution in [1.29, 1.82) is 0 Å². The van der Waals surface area contributed by atoms with Crippen LogP contribution in [-0.4, -0.2) is 35.5 Å². The Morgan fingerprint density at radius 2 is 1.76 bits per heavy atom. The first-order valence-electron chi connectivity index (χ1n) is 7.72. The van der Waals surface area contributed by atoms with E-state index in [9.17, 15) is 19.2 Å². The number of nitrogens with one attached hydrogen (secondary N) is 1. The number of thiophene rings is 1. The Bertz CT molecular complexity index is 900. The van der Waals surface area contributed by atoms with Crippen LogP contribution < -0.4 is 5.32 Å². The fraction of sp³-hybridized carbons (Fsp3) is 0.222. The van der Waals surface area contributed by atoms with Crippen LogP contribution >= 0.6 is 11.3 Å². The van der Waals surface area contributed by atoms with Gasteiger partial charge in [-0.1, -0.05) is 0 Å². The molecule has 128 valence electrons. The van der Waals surface area contributed by atoms with Gasteiger partial charge >= 0.3 is 0 Å². The van der Waals surface area contributed by atoms with Crippen molar-refractivity contribution in [3.05, 3.63) is 51.2 Å². The van der Waals surface area contributed by atoms with E-state index >= 15 is 0 Å². The minimum absolute atomic E-state index is 0.0552. The van der Waals surface area contributed by atoms with Crippen LogP contribution in [0.2, 0.25) is 0 Å². The Balaban J connectivity index is 1.62. The number of carbonyl (C=O) groups excluding carboxylic acids is 4. The van der Waals surface area contributed by atoms with Crippen LogP contribution in [0.3, 0.4) is 0 Å².